The van der Waals surface area contributed by atoms with Crippen molar-refractivity contribution in [2.24, 2.45) is 11.7 Å². The van der Waals surface area contributed by atoms with Crippen molar-refractivity contribution in [1.82, 2.24) is 9.55 Å². The van der Waals surface area contributed by atoms with Crippen LogP contribution >= 0.6 is 0 Å². The second-order valence-corrected chi connectivity index (χ2v) is 4.05. The molecular weight excluding hydrogens is 162 g/mol. The van der Waals surface area contributed by atoms with Crippen LogP contribution in [0.5, 0.6) is 0 Å². The van der Waals surface area contributed by atoms with Gasteiger partial charge in [-0.05, 0) is 25.2 Å². The Bertz CT molecular complexity index is 243. The van der Waals surface area contributed by atoms with Crippen molar-refractivity contribution in [3.8, 4) is 0 Å². The summed E-state index contributed by atoms with van der Waals surface area (Å²) in [5.41, 5.74) is 5.93. The number of imidazole rings is 1. The number of hydrogen-bond acceptors (Lipinski definition) is 2. The van der Waals surface area contributed by atoms with Crippen molar-refractivity contribution in [2.75, 3.05) is 0 Å². The Balaban J connectivity index is 1.87. The van der Waals surface area contributed by atoms with Crippen LogP contribution in [0.2, 0.25) is 0 Å². The van der Waals surface area contributed by atoms with Crippen LogP contribution in [0.15, 0.2) is 18.7 Å². The van der Waals surface area contributed by atoms with Crippen molar-refractivity contribution in [3.05, 3.63) is 18.7 Å². The van der Waals surface area contributed by atoms with Crippen LogP contribution < -0.4 is 5.73 Å². The molecule has 2 atom stereocenters. The predicted octanol–water partition coefficient (Wildman–Crippen LogP) is 1.40. The lowest BCUT2D eigenvalue weighted by Crippen LogP contribution is -2.29. The highest BCUT2D eigenvalue weighted by Gasteiger charge is 2.18. The monoisotopic (exact) mass is 179 g/mol. The van der Waals surface area contributed by atoms with E-state index in [0.717, 1.165) is 12.5 Å². The summed E-state index contributed by atoms with van der Waals surface area (Å²) in [6, 6.07) is 0.433. The van der Waals surface area contributed by atoms with Crippen molar-refractivity contribution < 1.29 is 0 Å². The second kappa shape index (κ2) is 3.92. The zero-order chi connectivity index (χ0) is 9.10. The molecule has 3 nitrogen and oxygen atoms in total. The van der Waals surface area contributed by atoms with E-state index in [9.17, 15) is 0 Å². The molecule has 0 amide bonds. The smallest absolute Gasteiger partial charge is 0.0945 e. The Labute approximate surface area is 79.0 Å². The molecule has 0 bridgehead atoms. The molecule has 1 heterocycles. The largest absolute Gasteiger partial charge is 0.337 e. The lowest BCUT2D eigenvalue weighted by Gasteiger charge is -2.26. The molecule has 1 aromatic rings. The molecule has 13 heavy (non-hydrogen) atoms. The number of hydrogen-bond donors (Lipinski definition) is 1. The molecule has 1 saturated carbocycles. The highest BCUT2D eigenvalue weighted by atomic mass is 15.0. The molecule has 0 radical (unpaired) electrons. The summed E-state index contributed by atoms with van der Waals surface area (Å²) in [6.45, 7) is 1.09. The molecule has 3 heteroatoms. The van der Waals surface area contributed by atoms with E-state index in [0.29, 0.717) is 6.04 Å². The molecule has 2 rings (SSSR count). The van der Waals surface area contributed by atoms with E-state index in [1.54, 1.807) is 0 Å². The van der Waals surface area contributed by atoms with Gasteiger partial charge in [0.1, 0.15) is 0 Å². The van der Waals surface area contributed by atoms with E-state index >= 15 is 0 Å². The van der Waals surface area contributed by atoms with E-state index in [4.69, 9.17) is 5.73 Å². The Morgan fingerprint density at radius 1 is 1.46 bits per heavy atom. The van der Waals surface area contributed by atoms with Gasteiger partial charge >= 0.3 is 0 Å². The number of nitrogens with two attached hydrogens (primary N) is 1. The fourth-order valence-corrected chi connectivity index (χ4v) is 2.19. The maximum Gasteiger partial charge on any atom is 0.0945 e. The van der Waals surface area contributed by atoms with Crippen LogP contribution in [0.1, 0.15) is 25.7 Å². The minimum absolute atomic E-state index is 0.433. The minimum atomic E-state index is 0.433. The first-order valence-electron chi connectivity index (χ1n) is 5.06. The molecule has 2 N–H and O–H groups in total. The molecule has 1 aliphatic rings. The lowest BCUT2D eigenvalue weighted by atomic mass is 9.86. The van der Waals surface area contributed by atoms with Gasteiger partial charge in [0.2, 0.25) is 0 Å². The van der Waals surface area contributed by atoms with Gasteiger partial charge in [0.25, 0.3) is 0 Å². The van der Waals surface area contributed by atoms with E-state index in [-0.39, 0.29) is 0 Å². The standard InChI is InChI=1S/C10H17N3/c11-10-3-1-2-9(6-10)7-13-5-4-12-8-13/h4-5,8-10H,1-3,6-7,11H2. The Kier molecular flexibility index (Phi) is 2.64. The third-order valence-corrected chi connectivity index (χ3v) is 2.85. The Hall–Kier alpha value is -0.830. The summed E-state index contributed by atoms with van der Waals surface area (Å²) in [7, 11) is 0. The first-order chi connectivity index (χ1) is 6.34. The van der Waals surface area contributed by atoms with Crippen LogP contribution in [0.3, 0.4) is 0 Å². The fraction of sp³-hybridized carbons (Fsp3) is 0.700. The fourth-order valence-electron chi connectivity index (χ4n) is 2.19. The van der Waals surface area contributed by atoms with Crippen molar-refractivity contribution in [2.45, 2.75) is 38.3 Å². The van der Waals surface area contributed by atoms with Gasteiger partial charge in [0.05, 0.1) is 6.33 Å². The molecule has 72 valence electrons. The summed E-state index contributed by atoms with van der Waals surface area (Å²) >= 11 is 0. The third kappa shape index (κ3) is 2.31. The van der Waals surface area contributed by atoms with Gasteiger partial charge in [-0.3, -0.25) is 0 Å². The molecule has 1 aromatic heterocycles. The Morgan fingerprint density at radius 3 is 3.08 bits per heavy atom. The van der Waals surface area contributed by atoms with E-state index in [2.05, 4.69) is 9.55 Å². The summed E-state index contributed by atoms with van der Waals surface area (Å²) in [4.78, 5) is 4.04. The van der Waals surface area contributed by atoms with E-state index in [1.165, 1.54) is 25.7 Å². The van der Waals surface area contributed by atoms with Crippen LogP contribution in [-0.4, -0.2) is 15.6 Å². The molecule has 0 aliphatic heterocycles. The zero-order valence-electron chi connectivity index (χ0n) is 7.89. The van der Waals surface area contributed by atoms with Gasteiger partial charge < -0.3 is 10.3 Å². The SMILES string of the molecule is NC1CCCC(Cn2ccnc2)C1. The van der Waals surface area contributed by atoms with Crippen LogP contribution in [0, 0.1) is 5.92 Å². The lowest BCUT2D eigenvalue weighted by molar-refractivity contribution is 0.290. The Morgan fingerprint density at radius 2 is 2.38 bits per heavy atom. The van der Waals surface area contributed by atoms with Crippen LogP contribution in [-0.2, 0) is 6.54 Å². The molecule has 1 fully saturated rings. The first kappa shape index (κ1) is 8.75. The topological polar surface area (TPSA) is 43.8 Å². The number of nitrogens with zero attached hydrogens (tertiary/aromatic N) is 2. The van der Waals surface area contributed by atoms with Crippen molar-refractivity contribution in [3.63, 3.8) is 0 Å². The van der Waals surface area contributed by atoms with Gasteiger partial charge in [-0.2, -0.15) is 0 Å². The second-order valence-electron chi connectivity index (χ2n) is 4.05. The normalized spacial score (nSPS) is 29.0. The summed E-state index contributed by atoms with van der Waals surface area (Å²) in [5, 5.41) is 0. The van der Waals surface area contributed by atoms with Gasteiger partial charge in [0.15, 0.2) is 0 Å². The van der Waals surface area contributed by atoms with Gasteiger partial charge in [-0.1, -0.05) is 6.42 Å². The maximum atomic E-state index is 5.93. The van der Waals surface area contributed by atoms with Crippen LogP contribution in [0.25, 0.3) is 0 Å². The quantitative estimate of drug-likeness (QED) is 0.745. The predicted molar refractivity (Wildman–Crippen MR) is 52.2 cm³/mol. The summed E-state index contributed by atoms with van der Waals surface area (Å²) in [6.07, 6.45) is 10.8. The maximum absolute atomic E-state index is 5.93. The highest BCUT2D eigenvalue weighted by molar-refractivity contribution is 4.79. The zero-order valence-corrected chi connectivity index (χ0v) is 7.89. The molecular formula is C10H17N3. The molecule has 2 unspecified atom stereocenters. The molecule has 0 saturated heterocycles. The number of rotatable bonds is 2. The van der Waals surface area contributed by atoms with Crippen molar-refractivity contribution >= 4 is 0 Å². The average molecular weight is 179 g/mol. The molecule has 0 aromatic carbocycles. The molecule has 1 aliphatic carbocycles. The summed E-state index contributed by atoms with van der Waals surface area (Å²) in [5.74, 6) is 0.762. The van der Waals surface area contributed by atoms with E-state index in [1.807, 2.05) is 18.7 Å². The van der Waals surface area contributed by atoms with Crippen molar-refractivity contribution in [1.29, 1.82) is 0 Å². The highest BCUT2D eigenvalue weighted by Crippen LogP contribution is 2.24. The molecule has 0 spiro atoms. The third-order valence-electron chi connectivity index (χ3n) is 2.85. The van der Waals surface area contributed by atoms with Gasteiger partial charge in [0, 0.05) is 25.0 Å². The van der Waals surface area contributed by atoms with Gasteiger partial charge in [-0.15, -0.1) is 0 Å². The summed E-state index contributed by atoms with van der Waals surface area (Å²) < 4.78 is 2.16. The minimum Gasteiger partial charge on any atom is -0.337 e. The average Bonchev–Trinajstić information content (AvgIpc) is 2.57. The van der Waals surface area contributed by atoms with Crippen LogP contribution in [0.4, 0.5) is 0 Å². The van der Waals surface area contributed by atoms with E-state index < -0.39 is 0 Å². The number of aromatic nitrogens is 2. The van der Waals surface area contributed by atoms with Gasteiger partial charge in [-0.25, -0.2) is 4.98 Å². The first-order valence-corrected chi connectivity index (χ1v) is 5.06.